The van der Waals surface area contributed by atoms with Crippen molar-refractivity contribution in [2.45, 2.75) is 20.0 Å². The first-order valence-corrected chi connectivity index (χ1v) is 7.89. The molecule has 0 atom stereocenters. The molecule has 126 valence electrons. The van der Waals surface area contributed by atoms with E-state index in [-0.39, 0.29) is 12.2 Å². The average molecular weight is 329 g/mol. The van der Waals surface area contributed by atoms with Crippen molar-refractivity contribution in [2.24, 2.45) is 5.16 Å². The summed E-state index contributed by atoms with van der Waals surface area (Å²) in [5.41, 5.74) is 3.50. The summed E-state index contributed by atoms with van der Waals surface area (Å²) in [7, 11) is 1.54. The minimum absolute atomic E-state index is 0.290. The predicted octanol–water partition coefficient (Wildman–Crippen LogP) is 2.76. The van der Waals surface area contributed by atoms with Crippen molar-refractivity contribution < 1.29 is 14.3 Å². The molecule has 1 aromatic carbocycles. The van der Waals surface area contributed by atoms with Crippen LogP contribution in [0.1, 0.15) is 18.1 Å². The number of aliphatic hydroxyl groups is 1. The van der Waals surface area contributed by atoms with Crippen molar-refractivity contribution >= 4 is 11.5 Å². The summed E-state index contributed by atoms with van der Waals surface area (Å²) >= 11 is 0. The largest absolute Gasteiger partial charge is 0.399 e. The minimum atomic E-state index is -0.393. The molecule has 5 nitrogen and oxygen atoms in total. The van der Waals surface area contributed by atoms with Gasteiger partial charge < -0.3 is 14.8 Å². The fourth-order valence-electron chi connectivity index (χ4n) is 2.85. The number of halogens is 1. The van der Waals surface area contributed by atoms with E-state index in [1.54, 1.807) is 24.4 Å². The Bertz CT molecular complexity index is 769. The number of aromatic nitrogens is 1. The number of aryl methyl sites for hydroxylation is 1. The van der Waals surface area contributed by atoms with Gasteiger partial charge in [-0.05, 0) is 18.1 Å². The van der Waals surface area contributed by atoms with Crippen LogP contribution in [0.3, 0.4) is 0 Å². The van der Waals surface area contributed by atoms with Gasteiger partial charge in [-0.1, -0.05) is 30.3 Å². The van der Waals surface area contributed by atoms with Crippen molar-refractivity contribution in [3.05, 3.63) is 47.4 Å². The van der Waals surface area contributed by atoms with Gasteiger partial charge in [-0.15, -0.1) is 0 Å². The van der Waals surface area contributed by atoms with Gasteiger partial charge in [0.1, 0.15) is 18.7 Å². The highest BCUT2D eigenvalue weighted by Gasteiger charge is 2.26. The van der Waals surface area contributed by atoms with Gasteiger partial charge in [-0.25, -0.2) is 9.37 Å². The lowest BCUT2D eigenvalue weighted by molar-refractivity contribution is 0.211. The number of oxime groups is 1. The van der Waals surface area contributed by atoms with E-state index in [4.69, 9.17) is 4.84 Å². The third-order valence-corrected chi connectivity index (χ3v) is 4.15. The average Bonchev–Trinajstić information content (AvgIpc) is 2.57. The number of anilines is 1. The third-order valence-electron chi connectivity index (χ3n) is 4.15. The molecule has 24 heavy (non-hydrogen) atoms. The highest BCUT2D eigenvalue weighted by molar-refractivity contribution is 5.99. The normalized spacial score (nSPS) is 13.7. The molecule has 2 aromatic rings. The molecule has 0 saturated carbocycles. The molecule has 0 amide bonds. The summed E-state index contributed by atoms with van der Waals surface area (Å²) < 4.78 is 14.4. The molecule has 0 radical (unpaired) electrons. The second-order valence-corrected chi connectivity index (χ2v) is 5.69. The molecule has 6 heteroatoms. The van der Waals surface area contributed by atoms with E-state index >= 15 is 0 Å². The van der Waals surface area contributed by atoms with Crippen LogP contribution in [0.2, 0.25) is 0 Å². The molecule has 3 rings (SSSR count). The molecule has 0 bridgehead atoms. The number of nitrogens with zero attached hydrogens (tertiary/aromatic N) is 3. The maximum absolute atomic E-state index is 14.4. The summed E-state index contributed by atoms with van der Waals surface area (Å²) in [6.07, 6.45) is 2.48. The number of rotatable bonds is 5. The molecule has 2 heterocycles. The quantitative estimate of drug-likeness (QED) is 0.857. The fourth-order valence-corrected chi connectivity index (χ4v) is 2.85. The molecule has 0 unspecified atom stereocenters. The lowest BCUT2D eigenvalue weighted by Crippen LogP contribution is -2.48. The SMILES string of the molecule is CCc1cc(-c2cccc(CO)c2F)cnc1N1CC(=NOC)C1. The van der Waals surface area contributed by atoms with E-state index in [1.807, 2.05) is 6.07 Å². The Kier molecular flexibility index (Phi) is 4.76. The first kappa shape index (κ1) is 16.4. The zero-order valence-corrected chi connectivity index (χ0v) is 13.8. The Morgan fingerprint density at radius 3 is 2.79 bits per heavy atom. The van der Waals surface area contributed by atoms with Crippen molar-refractivity contribution in [1.82, 2.24) is 4.98 Å². The zero-order valence-electron chi connectivity index (χ0n) is 13.8. The maximum Gasteiger partial charge on any atom is 0.136 e. The van der Waals surface area contributed by atoms with Crippen LogP contribution in [0, 0.1) is 5.82 Å². The molecule has 0 spiro atoms. The van der Waals surface area contributed by atoms with Crippen molar-refractivity contribution in [3.8, 4) is 11.1 Å². The summed E-state index contributed by atoms with van der Waals surface area (Å²) in [6.45, 7) is 3.12. The smallest absolute Gasteiger partial charge is 0.136 e. The van der Waals surface area contributed by atoms with Crippen LogP contribution in [-0.4, -0.2) is 36.0 Å². The predicted molar refractivity (Wildman–Crippen MR) is 91.6 cm³/mol. The minimum Gasteiger partial charge on any atom is -0.399 e. The van der Waals surface area contributed by atoms with Crippen LogP contribution in [0.15, 0.2) is 35.6 Å². The first-order chi connectivity index (χ1) is 11.7. The van der Waals surface area contributed by atoms with Gasteiger partial charge in [0.25, 0.3) is 0 Å². The van der Waals surface area contributed by atoms with Gasteiger partial charge in [0.2, 0.25) is 0 Å². The lowest BCUT2D eigenvalue weighted by Gasteiger charge is -2.34. The van der Waals surface area contributed by atoms with Crippen molar-refractivity contribution in [1.29, 1.82) is 0 Å². The molecular formula is C18H20FN3O2. The van der Waals surface area contributed by atoms with Crippen LogP contribution in [0.4, 0.5) is 10.2 Å². The topological polar surface area (TPSA) is 58.0 Å². The monoisotopic (exact) mass is 329 g/mol. The van der Waals surface area contributed by atoms with E-state index in [1.165, 1.54) is 7.11 Å². The number of hydrogen-bond donors (Lipinski definition) is 1. The zero-order chi connectivity index (χ0) is 17.1. The van der Waals surface area contributed by atoms with E-state index in [2.05, 4.69) is 22.0 Å². The van der Waals surface area contributed by atoms with E-state index < -0.39 is 5.82 Å². The Labute approximate surface area is 140 Å². The number of hydrogen-bond acceptors (Lipinski definition) is 5. The molecule has 1 N–H and O–H groups in total. The molecule has 0 aliphatic carbocycles. The van der Waals surface area contributed by atoms with Crippen molar-refractivity contribution in [2.75, 3.05) is 25.1 Å². The molecule has 1 aliphatic rings. The van der Waals surface area contributed by atoms with Crippen LogP contribution < -0.4 is 4.90 Å². The summed E-state index contributed by atoms with van der Waals surface area (Å²) in [6, 6.07) is 7.00. The van der Waals surface area contributed by atoms with Crippen LogP contribution in [-0.2, 0) is 17.9 Å². The third kappa shape index (κ3) is 2.97. The molecular weight excluding hydrogens is 309 g/mol. The summed E-state index contributed by atoms with van der Waals surface area (Å²) in [5.74, 6) is 0.505. The Morgan fingerprint density at radius 1 is 1.33 bits per heavy atom. The van der Waals surface area contributed by atoms with Gasteiger partial charge in [-0.3, -0.25) is 0 Å². The van der Waals surface area contributed by atoms with Crippen molar-refractivity contribution in [3.63, 3.8) is 0 Å². The molecule has 1 aliphatic heterocycles. The van der Waals surface area contributed by atoms with E-state index in [0.29, 0.717) is 18.7 Å². The Hall–Kier alpha value is -2.47. The van der Waals surface area contributed by atoms with E-state index in [9.17, 15) is 9.50 Å². The number of pyridine rings is 1. The number of aliphatic hydroxyl groups excluding tert-OH is 1. The van der Waals surface area contributed by atoms with Gasteiger partial charge in [-0.2, -0.15) is 0 Å². The number of benzene rings is 1. The Morgan fingerprint density at radius 2 is 2.12 bits per heavy atom. The standard InChI is InChI=1S/C18H20FN3O2/c1-3-12-7-14(16-6-4-5-13(11-23)17(16)19)8-20-18(12)22-9-15(10-22)21-24-2/h4-8,23H,3,9-11H2,1-2H3. The van der Waals surface area contributed by atoms with Crippen LogP contribution in [0.25, 0.3) is 11.1 Å². The highest BCUT2D eigenvalue weighted by Crippen LogP contribution is 2.30. The van der Waals surface area contributed by atoms with Gasteiger partial charge in [0.15, 0.2) is 0 Å². The molecule has 1 fully saturated rings. The van der Waals surface area contributed by atoms with Gasteiger partial charge in [0.05, 0.1) is 25.4 Å². The molecule has 1 aromatic heterocycles. The summed E-state index contributed by atoms with van der Waals surface area (Å²) in [5, 5.41) is 13.2. The second kappa shape index (κ2) is 6.97. The van der Waals surface area contributed by atoms with Gasteiger partial charge >= 0.3 is 0 Å². The fraction of sp³-hybridized carbons (Fsp3) is 0.333. The second-order valence-electron chi connectivity index (χ2n) is 5.69. The van der Waals surface area contributed by atoms with Gasteiger partial charge in [0, 0.05) is 22.9 Å². The first-order valence-electron chi connectivity index (χ1n) is 7.89. The van der Waals surface area contributed by atoms with Crippen LogP contribution in [0.5, 0.6) is 0 Å². The summed E-state index contributed by atoms with van der Waals surface area (Å²) in [4.78, 5) is 11.4. The lowest BCUT2D eigenvalue weighted by atomic mass is 10.0. The highest BCUT2D eigenvalue weighted by atomic mass is 19.1. The maximum atomic E-state index is 14.4. The van der Waals surface area contributed by atoms with E-state index in [0.717, 1.165) is 29.1 Å². The molecule has 1 saturated heterocycles. The Balaban J connectivity index is 1.92. The van der Waals surface area contributed by atoms with Crippen LogP contribution >= 0.6 is 0 Å².